The Morgan fingerprint density at radius 2 is 1.65 bits per heavy atom. The molecule has 1 heterocycles. The lowest BCUT2D eigenvalue weighted by Gasteiger charge is -2.24. The molecule has 1 aromatic heterocycles. The van der Waals surface area contributed by atoms with E-state index in [0.717, 1.165) is 10.9 Å². The topological polar surface area (TPSA) is 209 Å². The van der Waals surface area contributed by atoms with E-state index in [1.165, 1.54) is 11.8 Å². The summed E-state index contributed by atoms with van der Waals surface area (Å²) in [7, 11) is 0. The second-order valence-electron chi connectivity index (χ2n) is 8.33. The van der Waals surface area contributed by atoms with Crippen LogP contribution in [0.4, 0.5) is 0 Å². The third-order valence-corrected chi connectivity index (χ3v) is 6.57. The first kappa shape index (κ1) is 30.0. The second-order valence-corrected chi connectivity index (χ2v) is 9.68. The third-order valence-electron chi connectivity index (χ3n) is 5.53. The minimum absolute atomic E-state index is 0.0453. The number of thiol groups is 1. The zero-order chi connectivity index (χ0) is 27.5. The van der Waals surface area contributed by atoms with E-state index < -0.39 is 60.2 Å². The number of H-pyrrole nitrogens is 1. The van der Waals surface area contributed by atoms with Gasteiger partial charge < -0.3 is 37.5 Å². The summed E-state index contributed by atoms with van der Waals surface area (Å²) in [6.07, 6.45) is 3.08. The molecule has 0 radical (unpaired) electrons. The molecule has 0 spiro atoms. The number of para-hydroxylation sites is 1. The molecule has 0 aliphatic heterocycles. The predicted molar refractivity (Wildman–Crippen MR) is 144 cm³/mol. The molecule has 1 aromatic carbocycles. The van der Waals surface area contributed by atoms with Gasteiger partial charge in [-0.25, -0.2) is 4.79 Å². The van der Waals surface area contributed by atoms with Crippen LogP contribution >= 0.6 is 24.4 Å². The van der Waals surface area contributed by atoms with Crippen LogP contribution < -0.4 is 27.4 Å². The number of fused-ring (bicyclic) bond motifs is 1. The van der Waals surface area contributed by atoms with Crippen molar-refractivity contribution in [3.8, 4) is 0 Å². The molecule has 0 aliphatic rings. The minimum atomic E-state index is -1.46. The smallest absolute Gasteiger partial charge is 0.326 e. The SMILES string of the molecule is CSCCC(NC(=O)C(N)CS)C(=O)NC(CC(N)=O)C(=O)NC(Cc1c[nH]c2ccccc12)C(=O)O. The van der Waals surface area contributed by atoms with Crippen LogP contribution in [-0.2, 0) is 30.4 Å². The average molecular weight is 553 g/mol. The van der Waals surface area contributed by atoms with Crippen LogP contribution in [0.15, 0.2) is 30.5 Å². The van der Waals surface area contributed by atoms with Crippen molar-refractivity contribution in [3.05, 3.63) is 36.0 Å². The Labute approximate surface area is 223 Å². The van der Waals surface area contributed by atoms with Gasteiger partial charge in [0.05, 0.1) is 12.5 Å². The molecule has 2 rings (SSSR count). The zero-order valence-electron chi connectivity index (χ0n) is 20.2. The van der Waals surface area contributed by atoms with Crippen molar-refractivity contribution >= 4 is 64.9 Å². The number of nitrogens with two attached hydrogens (primary N) is 2. The van der Waals surface area contributed by atoms with Crippen molar-refractivity contribution in [1.29, 1.82) is 0 Å². The quantitative estimate of drug-likeness (QED) is 0.130. The molecule has 2 aromatic rings. The molecule has 4 amide bonds. The van der Waals surface area contributed by atoms with Crippen LogP contribution in [0, 0.1) is 0 Å². The van der Waals surface area contributed by atoms with Crippen molar-refractivity contribution in [2.24, 2.45) is 11.5 Å². The number of aliphatic carboxylic acids is 1. The number of carboxylic acids is 1. The molecule has 4 unspecified atom stereocenters. The lowest BCUT2D eigenvalue weighted by Crippen LogP contribution is -2.58. The Morgan fingerprint density at radius 3 is 2.27 bits per heavy atom. The Balaban J connectivity index is 2.17. The lowest BCUT2D eigenvalue weighted by atomic mass is 10.0. The van der Waals surface area contributed by atoms with Crippen molar-refractivity contribution in [3.63, 3.8) is 0 Å². The van der Waals surface area contributed by atoms with Crippen LogP contribution in [0.25, 0.3) is 10.9 Å². The molecule has 12 nitrogen and oxygen atoms in total. The number of nitrogens with one attached hydrogen (secondary N) is 4. The molecular formula is C23H32N6O6S2. The summed E-state index contributed by atoms with van der Waals surface area (Å²) < 4.78 is 0. The number of thioether (sulfide) groups is 1. The lowest BCUT2D eigenvalue weighted by molar-refractivity contribution is -0.142. The number of amides is 4. The maximum Gasteiger partial charge on any atom is 0.326 e. The highest BCUT2D eigenvalue weighted by molar-refractivity contribution is 7.98. The Kier molecular flexibility index (Phi) is 11.8. The molecule has 202 valence electrons. The van der Waals surface area contributed by atoms with Crippen LogP contribution in [0.5, 0.6) is 0 Å². The van der Waals surface area contributed by atoms with Crippen molar-refractivity contribution < 1.29 is 29.1 Å². The fraction of sp³-hybridized carbons (Fsp3) is 0.435. The first-order valence-corrected chi connectivity index (χ1v) is 13.4. The number of hydrogen-bond donors (Lipinski definition) is 8. The van der Waals surface area contributed by atoms with E-state index in [0.29, 0.717) is 11.3 Å². The molecule has 0 saturated heterocycles. The van der Waals surface area contributed by atoms with E-state index in [1.807, 2.05) is 30.5 Å². The van der Waals surface area contributed by atoms with E-state index in [1.54, 1.807) is 6.20 Å². The summed E-state index contributed by atoms with van der Waals surface area (Å²) in [5.41, 5.74) is 12.4. The summed E-state index contributed by atoms with van der Waals surface area (Å²) in [6.45, 7) is 0. The first-order valence-electron chi connectivity index (χ1n) is 11.4. The maximum atomic E-state index is 13.0. The number of hydrogen-bond acceptors (Lipinski definition) is 8. The fourth-order valence-electron chi connectivity index (χ4n) is 3.54. The van der Waals surface area contributed by atoms with Crippen molar-refractivity contribution in [1.82, 2.24) is 20.9 Å². The van der Waals surface area contributed by atoms with Crippen LogP contribution in [0.2, 0.25) is 0 Å². The predicted octanol–water partition coefficient (Wildman–Crippen LogP) is -0.865. The number of rotatable bonds is 15. The number of carboxylic acid groups (broad SMARTS) is 1. The zero-order valence-corrected chi connectivity index (χ0v) is 21.9. The van der Waals surface area contributed by atoms with Crippen LogP contribution in [-0.4, -0.2) is 81.6 Å². The van der Waals surface area contributed by atoms with E-state index in [-0.39, 0.29) is 18.6 Å². The van der Waals surface area contributed by atoms with E-state index in [2.05, 4.69) is 33.6 Å². The standard InChI is InChI=1S/C23H32N6O6S2/c1-37-7-6-16(27-20(31)14(24)11-36)21(32)28-17(9-19(25)30)22(33)29-18(23(34)35)8-12-10-26-15-5-3-2-4-13(12)15/h2-5,10,14,16-18,26,36H,6-9,11,24H2,1H3,(H2,25,30)(H,27,31)(H,28,32)(H,29,33)(H,34,35). The molecule has 14 heteroatoms. The van der Waals surface area contributed by atoms with Gasteiger partial charge in [-0.3, -0.25) is 19.2 Å². The Morgan fingerprint density at radius 1 is 1.03 bits per heavy atom. The van der Waals surface area contributed by atoms with E-state index >= 15 is 0 Å². The third kappa shape index (κ3) is 8.98. The summed E-state index contributed by atoms with van der Waals surface area (Å²) in [6, 6.07) is 2.50. The molecule has 4 atom stereocenters. The average Bonchev–Trinajstić information content (AvgIpc) is 3.27. The van der Waals surface area contributed by atoms with Crippen molar-refractivity contribution in [2.75, 3.05) is 17.8 Å². The molecule has 9 N–H and O–H groups in total. The van der Waals surface area contributed by atoms with Gasteiger partial charge in [-0.2, -0.15) is 24.4 Å². The first-order chi connectivity index (χ1) is 17.6. The van der Waals surface area contributed by atoms with Gasteiger partial charge in [-0.05, 0) is 30.1 Å². The number of primary amides is 1. The molecule has 37 heavy (non-hydrogen) atoms. The summed E-state index contributed by atoms with van der Waals surface area (Å²) in [5, 5.41) is 17.9. The number of aromatic nitrogens is 1. The highest BCUT2D eigenvalue weighted by Gasteiger charge is 2.31. The van der Waals surface area contributed by atoms with Crippen LogP contribution in [0.1, 0.15) is 18.4 Å². The number of carbonyl (C=O) groups is 5. The van der Waals surface area contributed by atoms with Crippen LogP contribution in [0.3, 0.4) is 0 Å². The molecule has 0 aliphatic carbocycles. The van der Waals surface area contributed by atoms with Gasteiger partial charge in [0.15, 0.2) is 0 Å². The summed E-state index contributed by atoms with van der Waals surface area (Å²) in [4.78, 5) is 64.8. The fourth-order valence-corrected chi connectivity index (χ4v) is 4.18. The Hall–Kier alpha value is -3.23. The van der Waals surface area contributed by atoms with Gasteiger partial charge in [-0.15, -0.1) is 0 Å². The highest BCUT2D eigenvalue weighted by atomic mass is 32.2. The van der Waals surface area contributed by atoms with Crippen molar-refractivity contribution in [2.45, 2.75) is 43.4 Å². The van der Waals surface area contributed by atoms with Gasteiger partial charge >= 0.3 is 5.97 Å². The largest absolute Gasteiger partial charge is 0.480 e. The molecule has 0 fully saturated rings. The van der Waals surface area contributed by atoms with Gasteiger partial charge in [0.25, 0.3) is 0 Å². The maximum absolute atomic E-state index is 13.0. The normalized spacial score (nSPS) is 14.2. The summed E-state index contributed by atoms with van der Waals surface area (Å²) >= 11 is 5.41. The molecule has 0 saturated carbocycles. The molecular weight excluding hydrogens is 520 g/mol. The van der Waals surface area contributed by atoms with Gasteiger partial charge in [0.2, 0.25) is 23.6 Å². The second kappa shape index (κ2) is 14.5. The Bertz CT molecular complexity index is 1130. The monoisotopic (exact) mass is 552 g/mol. The summed E-state index contributed by atoms with van der Waals surface area (Å²) in [5.74, 6) is -3.86. The number of benzene rings is 1. The number of aromatic amines is 1. The highest BCUT2D eigenvalue weighted by Crippen LogP contribution is 2.19. The minimum Gasteiger partial charge on any atom is -0.480 e. The number of carbonyl (C=O) groups excluding carboxylic acids is 4. The van der Waals surface area contributed by atoms with E-state index in [9.17, 15) is 29.1 Å². The van der Waals surface area contributed by atoms with Gasteiger partial charge in [-0.1, -0.05) is 18.2 Å². The van der Waals surface area contributed by atoms with Gasteiger partial charge in [0.1, 0.15) is 18.1 Å². The molecule has 0 bridgehead atoms. The van der Waals surface area contributed by atoms with Gasteiger partial charge in [0, 0.05) is 29.3 Å². The van der Waals surface area contributed by atoms with E-state index in [4.69, 9.17) is 11.5 Å².